The second-order valence-corrected chi connectivity index (χ2v) is 42.3. The van der Waals surface area contributed by atoms with Crippen molar-refractivity contribution in [3.05, 3.63) is 500 Å². The summed E-state index contributed by atoms with van der Waals surface area (Å²) in [7, 11) is 0. The highest BCUT2D eigenvalue weighted by molar-refractivity contribution is 7.25. The molecule has 28 aromatic rings. The normalized spacial score (nSPS) is 13.5. The van der Waals surface area contributed by atoms with E-state index in [1.165, 1.54) is 257 Å². The molecule has 0 atom stereocenters. The van der Waals surface area contributed by atoms with Crippen molar-refractivity contribution in [1.29, 1.82) is 0 Å². The summed E-state index contributed by atoms with van der Waals surface area (Å²) in [5.74, 6) is 0. The van der Waals surface area contributed by atoms with Crippen molar-refractivity contribution >= 4 is 152 Å². The smallest absolute Gasteiger partial charge is 0.143 e. The van der Waals surface area contributed by atoms with Crippen molar-refractivity contribution in [1.82, 2.24) is 13.7 Å². The molecule has 6 aromatic heterocycles. The highest BCUT2D eigenvalue weighted by Crippen LogP contribution is 2.59. The summed E-state index contributed by atoms with van der Waals surface area (Å²) < 4.78 is 23.2. The molecule has 5 nitrogen and oxygen atoms in total. The molecule has 0 saturated carbocycles. The van der Waals surface area contributed by atoms with Crippen LogP contribution in [0.4, 0.5) is 0 Å². The first-order valence-corrected chi connectivity index (χ1v) is 51.3. The first-order valence-electron chi connectivity index (χ1n) is 50.5. The van der Waals surface area contributed by atoms with Crippen LogP contribution < -0.4 is 0 Å². The Bertz CT molecular complexity index is 10300. The molecule has 6 heteroatoms. The van der Waals surface area contributed by atoms with Gasteiger partial charge < -0.3 is 22.5 Å². The summed E-state index contributed by atoms with van der Waals surface area (Å²) in [5, 5.41) is 17.6. The fourth-order valence-corrected chi connectivity index (χ4v) is 26.1. The van der Waals surface area contributed by atoms with Crippen molar-refractivity contribution < 1.29 is 8.83 Å². The maximum atomic E-state index is 6.60. The molecule has 3 aliphatic rings. The third-order valence-electron chi connectivity index (χ3n) is 32.2. The van der Waals surface area contributed by atoms with Crippen LogP contribution in [-0.2, 0) is 16.2 Å². The van der Waals surface area contributed by atoms with E-state index in [-0.39, 0.29) is 16.2 Å². The first kappa shape index (κ1) is 84.2. The quantitative estimate of drug-likeness (QED) is 0.145. The zero-order valence-electron chi connectivity index (χ0n) is 81.0. The lowest BCUT2D eigenvalue weighted by Crippen LogP contribution is -2.15. The molecule has 3 aliphatic carbocycles. The van der Waals surface area contributed by atoms with Gasteiger partial charge in [0.2, 0.25) is 0 Å². The van der Waals surface area contributed by atoms with E-state index < -0.39 is 0 Å². The minimum Gasteiger partial charge on any atom is -0.455 e. The van der Waals surface area contributed by atoms with Crippen LogP contribution in [-0.4, -0.2) is 13.7 Å². The maximum absolute atomic E-state index is 6.60. The highest BCUT2D eigenvalue weighted by Gasteiger charge is 2.42. The van der Waals surface area contributed by atoms with Gasteiger partial charge >= 0.3 is 0 Å². The predicted molar refractivity (Wildman–Crippen MR) is 613 cm³/mol. The number of nitrogens with zero attached hydrogens (tertiary/aromatic N) is 3. The second kappa shape index (κ2) is 32.2. The highest BCUT2D eigenvalue weighted by atomic mass is 32.1. The number of thiophene rings is 1. The molecule has 0 spiro atoms. The van der Waals surface area contributed by atoms with Crippen molar-refractivity contribution in [3.8, 4) is 117 Å². The van der Waals surface area contributed by atoms with Crippen molar-refractivity contribution in [3.63, 3.8) is 0 Å². The Balaban J connectivity index is 0.000000104. The summed E-state index contributed by atoms with van der Waals surface area (Å²) in [6.07, 6.45) is 0. The van der Waals surface area contributed by atoms with Crippen molar-refractivity contribution in [2.45, 2.75) is 57.8 Å². The van der Waals surface area contributed by atoms with Gasteiger partial charge in [-0.1, -0.05) is 393 Å². The first-order chi connectivity index (χ1) is 71.1. The summed E-state index contributed by atoms with van der Waals surface area (Å²) in [6, 6.07) is 171. The van der Waals surface area contributed by atoms with E-state index in [2.05, 4.69) is 516 Å². The molecule has 0 N–H and O–H groups in total. The lowest BCUT2D eigenvalue weighted by atomic mass is 9.80. The summed E-state index contributed by atoms with van der Waals surface area (Å²) in [5.41, 5.74) is 44.8. The van der Waals surface area contributed by atoms with Crippen LogP contribution in [0, 0.1) is 0 Å². The lowest BCUT2D eigenvalue weighted by Gasteiger charge is -2.23. The van der Waals surface area contributed by atoms with E-state index in [1.807, 2.05) is 17.4 Å². The van der Waals surface area contributed by atoms with E-state index in [4.69, 9.17) is 8.83 Å². The minimum absolute atomic E-state index is 0.123. The number of benzene rings is 22. The molecule has 0 fully saturated rings. The van der Waals surface area contributed by atoms with E-state index in [1.54, 1.807) is 0 Å². The van der Waals surface area contributed by atoms with Gasteiger partial charge in [0.25, 0.3) is 0 Å². The van der Waals surface area contributed by atoms with Gasteiger partial charge in [-0.25, -0.2) is 0 Å². The minimum atomic E-state index is -0.201. The molecule has 31 rings (SSSR count). The van der Waals surface area contributed by atoms with E-state index in [0.717, 1.165) is 33.4 Å². The number of hydrogen-bond donors (Lipinski definition) is 0. The molecule has 0 aliphatic heterocycles. The number of rotatable bonds is 9. The Morgan fingerprint density at radius 3 is 1.03 bits per heavy atom. The Morgan fingerprint density at radius 1 is 0.193 bits per heavy atom. The Kier molecular flexibility index (Phi) is 18.7. The van der Waals surface area contributed by atoms with Crippen LogP contribution in [0.3, 0.4) is 0 Å². The molecule has 6 heterocycles. The SMILES string of the molecule is CC1(C)c2cc(-n3c4cc(-c5ccccc5)ccc4c4ccc(-c5ccc(-c6ccccc6)cc5)cc43)ccc2-c2c1ccc1c2oc2ccccc21.CC1(C)c2cc(-n3c4ccccc4c4cc(-c5ccc(-c6ccccc6)cc5)ccc43)ccc2-c2ccc3sc4ccccc4c3c21.CC1(C)c2cc(-n3c4ccccc4c4cc(-c5ccc6ccccc6c5)ccc43)ccc2-c2c1ccc1c2oc2ccccc21. The van der Waals surface area contributed by atoms with Gasteiger partial charge in [-0.3, -0.25) is 0 Å². The molecule has 684 valence electrons. The summed E-state index contributed by atoms with van der Waals surface area (Å²) in [6.45, 7) is 14.2. The molecule has 0 amide bonds. The average Bonchev–Trinajstić information content (AvgIpc) is 1.53. The standard InChI is InChI=1S/C51H35NO.C45H31NS.C43H29NO/c1-51(2)44-28-27-42-41-15-9-10-16-48(41)53-50(42)49(44)43-26-23-38(31-45(43)51)52-46-29-36(33-13-7-4-8-14-33)21-24-39(46)40-25-22-37(30-47(40)52)35-19-17-34(18-20-35)32-11-5-3-6-12-32;1-45(2)38-27-32(21-22-33(38)35-23-25-42-43(44(35)45)36-13-7-9-15-41(36)47-42)46-39-14-8-6-12-34(39)37-26-31(20-24-40(37)46)30-18-16-29(17-19-30)28-10-4-3-5-11-28;1-43(2)36-21-20-33-32-12-6-8-14-40(32)45-42(33)41(36)34-19-18-30(25-37(34)43)44-38-13-7-5-11-31(38)35-24-29(17-22-39(35)44)28-16-15-26-9-3-4-10-27(26)23-28/h3-31H,1-2H3;3-27H,1-2H3;3-25H,1-2H3. The number of hydrogen-bond acceptors (Lipinski definition) is 3. The molecule has 22 aromatic carbocycles. The molecule has 145 heavy (non-hydrogen) atoms. The predicted octanol–water partition coefficient (Wildman–Crippen LogP) is 38.6. The van der Waals surface area contributed by atoms with Gasteiger partial charge in [0, 0.05) is 118 Å². The number of aromatic nitrogens is 3. The van der Waals surface area contributed by atoms with Gasteiger partial charge in [0.1, 0.15) is 22.3 Å². The van der Waals surface area contributed by atoms with E-state index in [9.17, 15) is 0 Å². The third kappa shape index (κ3) is 13.0. The number of fused-ring (bicyclic) bond motifs is 31. The van der Waals surface area contributed by atoms with Crippen LogP contribution in [0.1, 0.15) is 74.9 Å². The van der Waals surface area contributed by atoms with Crippen LogP contribution >= 0.6 is 11.3 Å². The Hall–Kier alpha value is -17.7. The third-order valence-corrected chi connectivity index (χ3v) is 33.3. The number of furan rings is 2. The van der Waals surface area contributed by atoms with Crippen LogP contribution in [0.5, 0.6) is 0 Å². The Labute approximate surface area is 843 Å². The van der Waals surface area contributed by atoms with E-state index in [0.29, 0.717) is 0 Å². The monoisotopic (exact) mass is 1870 g/mol. The molecular formula is C139H95N3O2S. The zero-order valence-corrected chi connectivity index (χ0v) is 81.8. The second-order valence-electron chi connectivity index (χ2n) is 41.2. The molecule has 0 unspecified atom stereocenters. The number of para-hydroxylation sites is 4. The lowest BCUT2D eigenvalue weighted by molar-refractivity contribution is 0.653. The van der Waals surface area contributed by atoms with Gasteiger partial charge in [0.15, 0.2) is 0 Å². The average molecular weight is 1870 g/mol. The Morgan fingerprint density at radius 2 is 0.531 bits per heavy atom. The molecular weight excluding hydrogens is 1780 g/mol. The largest absolute Gasteiger partial charge is 0.455 e. The summed E-state index contributed by atoms with van der Waals surface area (Å²) >= 11 is 1.91. The molecule has 0 radical (unpaired) electrons. The fourth-order valence-electron chi connectivity index (χ4n) is 25.0. The van der Waals surface area contributed by atoms with E-state index >= 15 is 0 Å². The molecule has 0 saturated heterocycles. The van der Waals surface area contributed by atoms with Crippen LogP contribution in [0.2, 0.25) is 0 Å². The van der Waals surface area contributed by atoms with Crippen LogP contribution in [0.25, 0.3) is 257 Å². The topological polar surface area (TPSA) is 41.1 Å². The van der Waals surface area contributed by atoms with Crippen LogP contribution in [0.15, 0.2) is 476 Å². The zero-order chi connectivity index (χ0) is 96.4. The molecule has 0 bridgehead atoms. The van der Waals surface area contributed by atoms with Gasteiger partial charge in [-0.05, 0) is 248 Å². The van der Waals surface area contributed by atoms with Gasteiger partial charge in [0.05, 0.1) is 33.1 Å². The van der Waals surface area contributed by atoms with Crippen molar-refractivity contribution in [2.24, 2.45) is 0 Å². The van der Waals surface area contributed by atoms with Gasteiger partial charge in [-0.2, -0.15) is 0 Å². The maximum Gasteiger partial charge on any atom is 0.143 e. The fraction of sp³-hybridized carbons (Fsp3) is 0.0647. The summed E-state index contributed by atoms with van der Waals surface area (Å²) in [4.78, 5) is 0. The van der Waals surface area contributed by atoms with Gasteiger partial charge in [-0.15, -0.1) is 11.3 Å². The van der Waals surface area contributed by atoms with Crippen molar-refractivity contribution in [2.75, 3.05) is 0 Å².